The molecule has 2 heterocycles. The van der Waals surface area contributed by atoms with Crippen LogP contribution in [0.4, 0.5) is 5.95 Å². The van der Waals surface area contributed by atoms with Gasteiger partial charge in [0.2, 0.25) is 5.95 Å². The van der Waals surface area contributed by atoms with Gasteiger partial charge in [-0.3, -0.25) is 4.79 Å². The number of hydrazone groups is 1. The van der Waals surface area contributed by atoms with E-state index in [4.69, 9.17) is 4.98 Å². The molecule has 0 atom stereocenters. The first-order valence-electron chi connectivity index (χ1n) is 10.2. The minimum absolute atomic E-state index is 0.0272. The van der Waals surface area contributed by atoms with E-state index in [1.54, 1.807) is 22.1 Å². The van der Waals surface area contributed by atoms with Crippen LogP contribution in [-0.2, 0) is 12.8 Å². The molecule has 30 heavy (non-hydrogen) atoms. The van der Waals surface area contributed by atoms with E-state index in [9.17, 15) is 4.79 Å². The van der Waals surface area contributed by atoms with E-state index in [0.717, 1.165) is 46.3 Å². The van der Waals surface area contributed by atoms with Gasteiger partial charge in [-0.25, -0.2) is 15.0 Å². The first-order valence-corrected chi connectivity index (χ1v) is 11.0. The van der Waals surface area contributed by atoms with Gasteiger partial charge in [-0.1, -0.05) is 48.0 Å². The zero-order chi connectivity index (χ0) is 20.5. The normalized spacial score (nSPS) is 13.6. The van der Waals surface area contributed by atoms with Crippen LogP contribution in [0.1, 0.15) is 34.4 Å². The van der Waals surface area contributed by atoms with Crippen molar-refractivity contribution in [2.75, 3.05) is 5.43 Å². The summed E-state index contributed by atoms with van der Waals surface area (Å²) < 4.78 is 1.64. The molecule has 6 heteroatoms. The molecule has 1 N–H and O–H groups in total. The molecule has 0 unspecified atom stereocenters. The number of aromatic nitrogens is 2. The van der Waals surface area contributed by atoms with Crippen LogP contribution < -0.4 is 11.0 Å². The predicted molar refractivity (Wildman–Crippen MR) is 124 cm³/mol. The molecule has 5 rings (SSSR count). The third-order valence-electron chi connectivity index (χ3n) is 5.46. The Bertz CT molecular complexity index is 1290. The molecule has 4 aromatic rings. The second-order valence-corrected chi connectivity index (χ2v) is 8.67. The molecular formula is C24H22N4OS. The van der Waals surface area contributed by atoms with Crippen LogP contribution in [-0.4, -0.2) is 15.8 Å². The molecule has 0 fully saturated rings. The van der Waals surface area contributed by atoms with Gasteiger partial charge in [0.15, 0.2) is 0 Å². The van der Waals surface area contributed by atoms with Crippen LogP contribution >= 0.6 is 11.3 Å². The number of nitrogens with zero attached hydrogens (tertiary/aromatic N) is 3. The third-order valence-corrected chi connectivity index (χ3v) is 6.64. The molecule has 0 amide bonds. The van der Waals surface area contributed by atoms with Gasteiger partial charge in [0.05, 0.1) is 17.3 Å². The van der Waals surface area contributed by atoms with Gasteiger partial charge in [-0.05, 0) is 55.9 Å². The number of hydrogen-bond acceptors (Lipinski definition) is 5. The summed E-state index contributed by atoms with van der Waals surface area (Å²) in [6.45, 7) is 2.03. The molecule has 1 aliphatic carbocycles. The van der Waals surface area contributed by atoms with Gasteiger partial charge in [-0.15, -0.1) is 11.3 Å². The highest BCUT2D eigenvalue weighted by molar-refractivity contribution is 7.18. The Kier molecular flexibility index (Phi) is 4.93. The zero-order valence-electron chi connectivity index (χ0n) is 16.8. The summed E-state index contributed by atoms with van der Waals surface area (Å²) in [5, 5.41) is 5.12. The lowest BCUT2D eigenvalue weighted by atomic mass is 9.97. The van der Waals surface area contributed by atoms with Gasteiger partial charge < -0.3 is 0 Å². The Morgan fingerprint density at radius 3 is 2.63 bits per heavy atom. The fourth-order valence-electron chi connectivity index (χ4n) is 3.92. The van der Waals surface area contributed by atoms with Crippen molar-refractivity contribution < 1.29 is 0 Å². The summed E-state index contributed by atoms with van der Waals surface area (Å²) in [7, 11) is 0. The molecule has 2 aromatic carbocycles. The number of rotatable bonds is 4. The highest BCUT2D eigenvalue weighted by Crippen LogP contribution is 2.34. The standard InChI is InChI=1S/C24H22N4OS/c1-16-11-13-18(14-12-16)28-23(29)21-19-9-5-6-10-20(19)30-22(21)26-24(28)27-25-15-17-7-3-2-4-8-17/h2-4,7-8,11-15H,5-6,9-10H2,1H3,(H,26,27)/b25-15-. The molecule has 5 nitrogen and oxygen atoms in total. The van der Waals surface area contributed by atoms with E-state index in [1.165, 1.54) is 16.9 Å². The summed E-state index contributed by atoms with van der Waals surface area (Å²) in [4.78, 5) is 20.6. The van der Waals surface area contributed by atoms with E-state index in [0.29, 0.717) is 5.95 Å². The lowest BCUT2D eigenvalue weighted by molar-refractivity contribution is 0.699. The van der Waals surface area contributed by atoms with Crippen LogP contribution in [0.3, 0.4) is 0 Å². The molecule has 0 saturated heterocycles. The van der Waals surface area contributed by atoms with Crippen molar-refractivity contribution in [3.05, 3.63) is 86.5 Å². The number of hydrogen-bond donors (Lipinski definition) is 1. The zero-order valence-corrected chi connectivity index (χ0v) is 17.6. The number of benzene rings is 2. The van der Waals surface area contributed by atoms with Crippen LogP contribution in [0.2, 0.25) is 0 Å². The maximum absolute atomic E-state index is 13.6. The van der Waals surface area contributed by atoms with E-state index in [1.807, 2.05) is 61.5 Å². The predicted octanol–water partition coefficient (Wildman–Crippen LogP) is 5.08. The van der Waals surface area contributed by atoms with Crippen LogP contribution in [0, 0.1) is 6.92 Å². The highest BCUT2D eigenvalue weighted by Gasteiger charge is 2.22. The Labute approximate surface area is 178 Å². The van der Waals surface area contributed by atoms with Crippen molar-refractivity contribution in [1.29, 1.82) is 0 Å². The number of nitrogens with one attached hydrogen (secondary N) is 1. The smallest absolute Gasteiger partial charge is 0.268 e. The Balaban J connectivity index is 1.65. The molecule has 150 valence electrons. The molecule has 1 aliphatic rings. The molecule has 0 radical (unpaired) electrons. The maximum Gasteiger partial charge on any atom is 0.268 e. The summed E-state index contributed by atoms with van der Waals surface area (Å²) in [5.41, 5.74) is 7.09. The minimum Gasteiger partial charge on any atom is -0.268 e. The Morgan fingerprint density at radius 1 is 1.07 bits per heavy atom. The summed E-state index contributed by atoms with van der Waals surface area (Å²) in [6.07, 6.45) is 6.03. The SMILES string of the molecule is Cc1ccc(-n2c(N/N=C\c3ccccc3)nc3sc4c(c3c2=O)CCCC4)cc1. The van der Waals surface area contributed by atoms with Crippen molar-refractivity contribution in [2.45, 2.75) is 32.6 Å². The minimum atomic E-state index is -0.0272. The Hall–Kier alpha value is -3.25. The average Bonchev–Trinajstić information content (AvgIpc) is 3.14. The highest BCUT2D eigenvalue weighted by atomic mass is 32.1. The molecule has 0 spiro atoms. The molecule has 2 aromatic heterocycles. The Morgan fingerprint density at radius 2 is 1.83 bits per heavy atom. The van der Waals surface area contributed by atoms with Gasteiger partial charge >= 0.3 is 0 Å². The number of thiophene rings is 1. The van der Waals surface area contributed by atoms with Gasteiger partial charge in [0, 0.05) is 4.88 Å². The van der Waals surface area contributed by atoms with Crippen molar-refractivity contribution in [3.8, 4) is 5.69 Å². The topological polar surface area (TPSA) is 59.3 Å². The van der Waals surface area contributed by atoms with Crippen LogP contribution in [0.5, 0.6) is 0 Å². The summed E-state index contributed by atoms with van der Waals surface area (Å²) >= 11 is 1.65. The number of aryl methyl sites for hydroxylation is 3. The van der Waals surface area contributed by atoms with E-state index < -0.39 is 0 Å². The first kappa shape index (κ1) is 18.8. The number of fused-ring (bicyclic) bond motifs is 3. The van der Waals surface area contributed by atoms with Crippen molar-refractivity contribution in [1.82, 2.24) is 9.55 Å². The van der Waals surface area contributed by atoms with E-state index >= 15 is 0 Å². The van der Waals surface area contributed by atoms with Gasteiger partial charge in [0.25, 0.3) is 5.56 Å². The molecular weight excluding hydrogens is 392 g/mol. The summed E-state index contributed by atoms with van der Waals surface area (Å²) in [6, 6.07) is 17.8. The quantitative estimate of drug-likeness (QED) is 0.374. The van der Waals surface area contributed by atoms with Crippen molar-refractivity contribution in [2.24, 2.45) is 5.10 Å². The molecule has 0 aliphatic heterocycles. The lowest BCUT2D eigenvalue weighted by Gasteiger charge is -2.13. The fourth-order valence-corrected chi connectivity index (χ4v) is 5.17. The van der Waals surface area contributed by atoms with E-state index in [-0.39, 0.29) is 5.56 Å². The molecule has 0 saturated carbocycles. The van der Waals surface area contributed by atoms with Crippen molar-refractivity contribution >= 4 is 33.7 Å². The third kappa shape index (κ3) is 3.44. The average molecular weight is 415 g/mol. The monoisotopic (exact) mass is 414 g/mol. The van der Waals surface area contributed by atoms with Gasteiger partial charge in [-0.2, -0.15) is 5.10 Å². The number of anilines is 1. The largest absolute Gasteiger partial charge is 0.268 e. The fraction of sp³-hybridized carbons (Fsp3) is 0.208. The van der Waals surface area contributed by atoms with Crippen LogP contribution in [0.25, 0.3) is 15.9 Å². The van der Waals surface area contributed by atoms with Gasteiger partial charge in [0.1, 0.15) is 4.83 Å². The first-order chi connectivity index (χ1) is 14.7. The van der Waals surface area contributed by atoms with Crippen molar-refractivity contribution in [3.63, 3.8) is 0 Å². The second kappa shape index (κ2) is 7.88. The lowest BCUT2D eigenvalue weighted by Crippen LogP contribution is -2.23. The maximum atomic E-state index is 13.6. The summed E-state index contributed by atoms with van der Waals surface area (Å²) in [5.74, 6) is 0.433. The molecule has 0 bridgehead atoms. The van der Waals surface area contributed by atoms with E-state index in [2.05, 4.69) is 10.5 Å². The van der Waals surface area contributed by atoms with Crippen LogP contribution in [0.15, 0.2) is 64.5 Å². The second-order valence-electron chi connectivity index (χ2n) is 7.58.